The average molecular weight is 286 g/mol. The number of hydrogen-bond donors (Lipinski definition) is 1. The van der Waals surface area contributed by atoms with Crippen molar-refractivity contribution >= 4 is 21.8 Å². The summed E-state index contributed by atoms with van der Waals surface area (Å²) in [5.41, 5.74) is 0.818. The lowest BCUT2D eigenvalue weighted by atomic mass is 9.92. The molecule has 0 radical (unpaired) electrons. The van der Waals surface area contributed by atoms with Crippen LogP contribution in [-0.4, -0.2) is 11.9 Å². The third-order valence-electron chi connectivity index (χ3n) is 2.92. The molecule has 2 nitrogen and oxygen atoms in total. The third-order valence-corrected chi connectivity index (χ3v) is 3.38. The highest BCUT2D eigenvalue weighted by molar-refractivity contribution is 9.10. The normalized spacial score (nSPS) is 15.7. The molecule has 0 aromatic heterocycles. The highest BCUT2D eigenvalue weighted by Crippen LogP contribution is 2.22. The van der Waals surface area contributed by atoms with Crippen molar-refractivity contribution in [1.29, 1.82) is 0 Å². The van der Waals surface area contributed by atoms with Crippen molar-refractivity contribution < 1.29 is 9.18 Å². The molecule has 0 aliphatic heterocycles. The van der Waals surface area contributed by atoms with Crippen LogP contribution in [0.4, 0.5) is 4.39 Å². The van der Waals surface area contributed by atoms with E-state index < -0.39 is 5.82 Å². The number of carbonyl (C=O) groups is 1. The molecule has 16 heavy (non-hydrogen) atoms. The van der Waals surface area contributed by atoms with E-state index in [4.69, 9.17) is 0 Å². The van der Waals surface area contributed by atoms with Gasteiger partial charge in [-0.15, -0.1) is 0 Å². The molecule has 1 amide bonds. The summed E-state index contributed by atoms with van der Waals surface area (Å²) in [6, 6.07) is 3.30. The van der Waals surface area contributed by atoms with Gasteiger partial charge in [-0.3, -0.25) is 4.79 Å². The Kier molecular flexibility index (Phi) is 3.28. The first-order valence-corrected chi connectivity index (χ1v) is 6.13. The van der Waals surface area contributed by atoms with Crippen LogP contribution in [0.2, 0.25) is 0 Å². The number of aryl methyl sites for hydroxylation is 1. The Morgan fingerprint density at radius 3 is 2.69 bits per heavy atom. The summed E-state index contributed by atoms with van der Waals surface area (Å²) in [5, 5.41) is 2.84. The monoisotopic (exact) mass is 285 g/mol. The van der Waals surface area contributed by atoms with Gasteiger partial charge in [-0.05, 0) is 43.9 Å². The number of rotatable bonds is 2. The van der Waals surface area contributed by atoms with Gasteiger partial charge in [-0.1, -0.05) is 15.9 Å². The maximum atomic E-state index is 13.6. The largest absolute Gasteiger partial charge is 0.349 e. The summed E-state index contributed by atoms with van der Waals surface area (Å²) >= 11 is 3.20. The second kappa shape index (κ2) is 4.53. The van der Waals surface area contributed by atoms with Gasteiger partial charge in [0.1, 0.15) is 5.82 Å². The number of carbonyl (C=O) groups excluding carboxylic acids is 1. The molecule has 0 heterocycles. The number of hydrogen-bond acceptors (Lipinski definition) is 1. The van der Waals surface area contributed by atoms with E-state index in [-0.39, 0.29) is 17.5 Å². The van der Waals surface area contributed by atoms with E-state index in [1.54, 1.807) is 13.0 Å². The minimum atomic E-state index is -0.469. The summed E-state index contributed by atoms with van der Waals surface area (Å²) in [4.78, 5) is 11.8. The molecular weight excluding hydrogens is 273 g/mol. The van der Waals surface area contributed by atoms with Gasteiger partial charge in [0.2, 0.25) is 0 Å². The molecule has 1 fully saturated rings. The SMILES string of the molecule is Cc1cc(Br)cc(F)c1C(=O)NC1CCC1. The second-order valence-electron chi connectivity index (χ2n) is 4.18. The van der Waals surface area contributed by atoms with Crippen molar-refractivity contribution in [2.24, 2.45) is 0 Å². The molecular formula is C12H13BrFNO. The molecule has 1 aromatic carbocycles. The lowest BCUT2D eigenvalue weighted by molar-refractivity contribution is 0.0912. The van der Waals surface area contributed by atoms with Crippen molar-refractivity contribution in [3.8, 4) is 0 Å². The minimum absolute atomic E-state index is 0.162. The third kappa shape index (κ3) is 2.26. The predicted molar refractivity (Wildman–Crippen MR) is 63.9 cm³/mol. The van der Waals surface area contributed by atoms with Crippen LogP contribution in [0.5, 0.6) is 0 Å². The summed E-state index contributed by atoms with van der Waals surface area (Å²) < 4.78 is 14.3. The number of amides is 1. The molecule has 0 bridgehead atoms. The zero-order valence-corrected chi connectivity index (χ0v) is 10.6. The molecule has 0 atom stereocenters. The summed E-state index contributed by atoms with van der Waals surface area (Å²) in [6.07, 6.45) is 3.15. The molecule has 0 spiro atoms. The van der Waals surface area contributed by atoms with Crippen LogP contribution >= 0.6 is 15.9 Å². The number of nitrogens with one attached hydrogen (secondary N) is 1. The topological polar surface area (TPSA) is 29.1 Å². The van der Waals surface area contributed by atoms with E-state index in [0.29, 0.717) is 10.0 Å². The van der Waals surface area contributed by atoms with Crippen LogP contribution in [0.3, 0.4) is 0 Å². The van der Waals surface area contributed by atoms with Crippen LogP contribution < -0.4 is 5.32 Å². The highest BCUT2D eigenvalue weighted by atomic mass is 79.9. The summed E-state index contributed by atoms with van der Waals surface area (Å²) in [6.45, 7) is 1.74. The van der Waals surface area contributed by atoms with Crippen molar-refractivity contribution in [3.05, 3.63) is 33.5 Å². The smallest absolute Gasteiger partial charge is 0.254 e. The van der Waals surface area contributed by atoms with Crippen LogP contribution in [0.15, 0.2) is 16.6 Å². The average Bonchev–Trinajstić information content (AvgIpc) is 2.09. The Morgan fingerprint density at radius 2 is 2.19 bits per heavy atom. The van der Waals surface area contributed by atoms with Gasteiger partial charge < -0.3 is 5.32 Å². The molecule has 2 rings (SSSR count). The molecule has 1 aliphatic carbocycles. The minimum Gasteiger partial charge on any atom is -0.349 e. The fourth-order valence-electron chi connectivity index (χ4n) is 1.80. The molecule has 86 valence electrons. The van der Waals surface area contributed by atoms with Crippen LogP contribution in [0.25, 0.3) is 0 Å². The van der Waals surface area contributed by atoms with Gasteiger partial charge >= 0.3 is 0 Å². The number of benzene rings is 1. The van der Waals surface area contributed by atoms with E-state index in [2.05, 4.69) is 21.2 Å². The first-order valence-electron chi connectivity index (χ1n) is 5.34. The van der Waals surface area contributed by atoms with E-state index >= 15 is 0 Å². The van der Waals surface area contributed by atoms with Gasteiger partial charge in [0, 0.05) is 10.5 Å². The number of halogens is 2. The zero-order chi connectivity index (χ0) is 11.7. The quantitative estimate of drug-likeness (QED) is 0.889. The van der Waals surface area contributed by atoms with E-state index in [9.17, 15) is 9.18 Å². The van der Waals surface area contributed by atoms with Gasteiger partial charge in [0.25, 0.3) is 5.91 Å². The first kappa shape index (κ1) is 11.6. The van der Waals surface area contributed by atoms with Crippen molar-refractivity contribution in [1.82, 2.24) is 5.32 Å². The Balaban J connectivity index is 2.21. The molecule has 1 N–H and O–H groups in total. The molecule has 1 aliphatic rings. The highest BCUT2D eigenvalue weighted by Gasteiger charge is 2.22. The lowest BCUT2D eigenvalue weighted by Crippen LogP contribution is -2.40. The van der Waals surface area contributed by atoms with Crippen LogP contribution in [-0.2, 0) is 0 Å². The summed E-state index contributed by atoms with van der Waals surface area (Å²) in [7, 11) is 0. The maximum absolute atomic E-state index is 13.6. The van der Waals surface area contributed by atoms with E-state index in [1.807, 2.05) is 0 Å². The first-order chi connectivity index (χ1) is 7.58. The van der Waals surface area contributed by atoms with E-state index in [0.717, 1.165) is 19.3 Å². The molecule has 0 unspecified atom stereocenters. The van der Waals surface area contributed by atoms with Gasteiger partial charge in [-0.25, -0.2) is 4.39 Å². The fourth-order valence-corrected chi connectivity index (χ4v) is 2.34. The Labute approximate surface area is 102 Å². The van der Waals surface area contributed by atoms with Gasteiger partial charge in [0.05, 0.1) is 5.56 Å². The van der Waals surface area contributed by atoms with Crippen molar-refractivity contribution in [2.75, 3.05) is 0 Å². The molecule has 4 heteroatoms. The molecule has 1 saturated carbocycles. The standard InChI is InChI=1S/C12H13BrFNO/c1-7-5-8(13)6-10(14)11(7)12(16)15-9-3-2-4-9/h5-6,9H,2-4H2,1H3,(H,15,16). The zero-order valence-electron chi connectivity index (χ0n) is 9.02. The van der Waals surface area contributed by atoms with E-state index in [1.165, 1.54) is 6.07 Å². The fraction of sp³-hybridized carbons (Fsp3) is 0.417. The van der Waals surface area contributed by atoms with Gasteiger partial charge in [0.15, 0.2) is 0 Å². The summed E-state index contributed by atoms with van der Waals surface area (Å²) in [5.74, 6) is -0.768. The van der Waals surface area contributed by atoms with Crippen molar-refractivity contribution in [3.63, 3.8) is 0 Å². The van der Waals surface area contributed by atoms with Crippen molar-refractivity contribution in [2.45, 2.75) is 32.2 Å². The second-order valence-corrected chi connectivity index (χ2v) is 5.10. The lowest BCUT2D eigenvalue weighted by Gasteiger charge is -2.26. The molecule has 1 aromatic rings. The molecule has 0 saturated heterocycles. The van der Waals surface area contributed by atoms with Crippen LogP contribution in [0.1, 0.15) is 35.2 Å². The van der Waals surface area contributed by atoms with Gasteiger partial charge in [-0.2, -0.15) is 0 Å². The maximum Gasteiger partial charge on any atom is 0.254 e. The van der Waals surface area contributed by atoms with Crippen LogP contribution in [0, 0.1) is 12.7 Å². The predicted octanol–water partition coefficient (Wildman–Crippen LogP) is 3.18. The Hall–Kier alpha value is -0.900. The Morgan fingerprint density at radius 1 is 1.50 bits per heavy atom. The Bertz CT molecular complexity index is 406.